The molecule has 0 unspecified atom stereocenters. The van der Waals surface area contributed by atoms with E-state index < -0.39 is 0 Å². The van der Waals surface area contributed by atoms with Gasteiger partial charge < -0.3 is 14.7 Å². The fourth-order valence-electron chi connectivity index (χ4n) is 4.53. The Hall–Kier alpha value is -0.520. The van der Waals surface area contributed by atoms with Crippen LogP contribution in [0.15, 0.2) is 12.1 Å². The van der Waals surface area contributed by atoms with Crippen LogP contribution >= 0.6 is 23.2 Å². The van der Waals surface area contributed by atoms with Gasteiger partial charge in [0.25, 0.3) is 0 Å². The summed E-state index contributed by atoms with van der Waals surface area (Å²) in [7, 11) is 2.18. The Kier molecular flexibility index (Phi) is 6.41. The lowest BCUT2D eigenvalue weighted by Gasteiger charge is -2.53. The van der Waals surface area contributed by atoms with Gasteiger partial charge in [0.15, 0.2) is 5.75 Å². The van der Waals surface area contributed by atoms with Gasteiger partial charge in [-0.05, 0) is 70.9 Å². The van der Waals surface area contributed by atoms with Crippen LogP contribution < -0.4 is 4.74 Å². The Morgan fingerprint density at radius 1 is 1.23 bits per heavy atom. The quantitative estimate of drug-likeness (QED) is 0.807. The number of likely N-dealkylation sites (tertiary alicyclic amines) is 2. The predicted molar refractivity (Wildman–Crippen MR) is 107 cm³/mol. The number of ether oxygens (including phenoxy) is 1. The molecule has 2 fully saturated rings. The fraction of sp³-hybridized carbons (Fsp3) is 0.700. The summed E-state index contributed by atoms with van der Waals surface area (Å²) in [6, 6.07) is 4.33. The van der Waals surface area contributed by atoms with Crippen LogP contribution in [0.2, 0.25) is 10.0 Å². The van der Waals surface area contributed by atoms with E-state index in [2.05, 4.69) is 16.8 Å². The summed E-state index contributed by atoms with van der Waals surface area (Å²) >= 11 is 12.8. The van der Waals surface area contributed by atoms with Crippen LogP contribution in [0.25, 0.3) is 0 Å². The Morgan fingerprint density at radius 2 is 1.92 bits per heavy atom. The van der Waals surface area contributed by atoms with E-state index in [-0.39, 0.29) is 18.1 Å². The van der Waals surface area contributed by atoms with Gasteiger partial charge >= 0.3 is 0 Å². The second-order valence-corrected chi connectivity index (χ2v) is 8.98. The van der Waals surface area contributed by atoms with E-state index in [9.17, 15) is 5.11 Å². The molecule has 4 nitrogen and oxygen atoms in total. The number of fused-ring (bicyclic) bond motifs is 1. The van der Waals surface area contributed by atoms with Gasteiger partial charge in [0, 0.05) is 24.5 Å². The Balaban J connectivity index is 1.72. The molecule has 0 aliphatic carbocycles. The second kappa shape index (κ2) is 8.24. The number of aliphatic hydroxyl groups excluding tert-OH is 1. The van der Waals surface area contributed by atoms with Gasteiger partial charge in [-0.2, -0.15) is 0 Å². The fourth-order valence-corrected chi connectivity index (χ4v) is 5.15. The van der Waals surface area contributed by atoms with Gasteiger partial charge in [-0.1, -0.05) is 23.2 Å². The van der Waals surface area contributed by atoms with Crippen LogP contribution in [-0.2, 0) is 6.54 Å². The Bertz CT molecular complexity index is 617. The van der Waals surface area contributed by atoms with Gasteiger partial charge in [0.1, 0.15) is 0 Å². The molecule has 2 heterocycles. The third-order valence-electron chi connectivity index (χ3n) is 5.91. The van der Waals surface area contributed by atoms with Crippen LogP contribution in [0.5, 0.6) is 5.75 Å². The van der Waals surface area contributed by atoms with Crippen molar-refractivity contribution in [3.05, 3.63) is 27.7 Å². The minimum Gasteiger partial charge on any atom is -0.488 e. The van der Waals surface area contributed by atoms with Gasteiger partial charge in [-0.15, -0.1) is 0 Å². The van der Waals surface area contributed by atoms with Gasteiger partial charge in [0.05, 0.1) is 22.8 Å². The van der Waals surface area contributed by atoms with E-state index in [1.165, 1.54) is 6.42 Å². The van der Waals surface area contributed by atoms with Crippen LogP contribution in [0, 0.1) is 5.41 Å². The summed E-state index contributed by atoms with van der Waals surface area (Å²) in [4.78, 5) is 4.87. The molecule has 0 saturated carbocycles. The van der Waals surface area contributed by atoms with E-state index in [1.807, 2.05) is 26.0 Å². The van der Waals surface area contributed by atoms with Crippen molar-refractivity contribution >= 4 is 23.2 Å². The zero-order valence-electron chi connectivity index (χ0n) is 16.0. The molecule has 1 aromatic carbocycles. The molecule has 2 atom stereocenters. The van der Waals surface area contributed by atoms with Crippen LogP contribution in [-0.4, -0.2) is 60.3 Å². The number of benzene rings is 1. The summed E-state index contributed by atoms with van der Waals surface area (Å²) in [6.45, 7) is 8.09. The van der Waals surface area contributed by atoms with E-state index in [0.29, 0.717) is 21.8 Å². The lowest BCUT2D eigenvalue weighted by Crippen LogP contribution is -2.61. The average Bonchev–Trinajstić information content (AvgIpc) is 2.59. The van der Waals surface area contributed by atoms with Crippen molar-refractivity contribution in [2.75, 3.05) is 33.3 Å². The highest BCUT2D eigenvalue weighted by Gasteiger charge is 2.46. The normalized spacial score (nSPS) is 27.6. The average molecular weight is 401 g/mol. The zero-order chi connectivity index (χ0) is 18.9. The summed E-state index contributed by atoms with van der Waals surface area (Å²) in [5, 5.41) is 11.2. The van der Waals surface area contributed by atoms with Crippen LogP contribution in [0.1, 0.15) is 38.7 Å². The first-order valence-electron chi connectivity index (χ1n) is 9.52. The number of piperidine rings is 2. The highest BCUT2D eigenvalue weighted by Crippen LogP contribution is 2.42. The lowest BCUT2D eigenvalue weighted by molar-refractivity contribution is -0.0684. The molecule has 2 aliphatic heterocycles. The molecule has 2 saturated heterocycles. The third-order valence-corrected chi connectivity index (χ3v) is 6.48. The Morgan fingerprint density at radius 3 is 2.54 bits per heavy atom. The topological polar surface area (TPSA) is 35.9 Å². The largest absolute Gasteiger partial charge is 0.488 e. The standard InChI is InChI=1S/C20H30Cl2N2O2/c1-14(2)26-19-16(21)9-15(10-17(19)22)11-24-8-6-20(13-25)5-4-7-23(3)18(20)12-24/h9-10,14,18,25H,4-8,11-13H2,1-3H3/t18-,20-/m1/s1. The first-order valence-corrected chi connectivity index (χ1v) is 10.3. The van der Waals surface area contributed by atoms with Crippen molar-refractivity contribution < 1.29 is 9.84 Å². The van der Waals surface area contributed by atoms with Crippen LogP contribution in [0.3, 0.4) is 0 Å². The molecule has 0 spiro atoms. The molecule has 146 valence electrons. The summed E-state index contributed by atoms with van der Waals surface area (Å²) < 4.78 is 5.72. The number of halogens is 2. The molecule has 26 heavy (non-hydrogen) atoms. The number of hydrogen-bond donors (Lipinski definition) is 1. The third kappa shape index (κ3) is 4.15. The number of aliphatic hydroxyl groups is 1. The summed E-state index contributed by atoms with van der Waals surface area (Å²) in [5.74, 6) is 0.567. The predicted octanol–water partition coefficient (Wildman–Crippen LogP) is 4.06. The van der Waals surface area contributed by atoms with E-state index in [4.69, 9.17) is 27.9 Å². The molecular formula is C20H30Cl2N2O2. The molecular weight excluding hydrogens is 371 g/mol. The Labute approximate surface area is 167 Å². The van der Waals surface area contributed by atoms with E-state index in [0.717, 1.165) is 44.6 Å². The maximum atomic E-state index is 10.1. The molecule has 0 bridgehead atoms. The molecule has 1 N–H and O–H groups in total. The molecule has 2 aliphatic rings. The summed E-state index contributed by atoms with van der Waals surface area (Å²) in [6.07, 6.45) is 3.38. The molecule has 6 heteroatoms. The SMILES string of the molecule is CC(C)Oc1c(Cl)cc(CN2CC[C@@]3(CO)CCCN(C)[C@@H]3C2)cc1Cl. The van der Waals surface area contributed by atoms with Crippen LogP contribution in [0.4, 0.5) is 0 Å². The number of hydrogen-bond acceptors (Lipinski definition) is 4. The molecule has 1 aromatic rings. The van der Waals surface area contributed by atoms with Crippen molar-refractivity contribution in [2.45, 2.75) is 51.8 Å². The molecule has 0 radical (unpaired) electrons. The smallest absolute Gasteiger partial charge is 0.156 e. The van der Waals surface area contributed by atoms with Gasteiger partial charge in [-0.25, -0.2) is 0 Å². The second-order valence-electron chi connectivity index (χ2n) is 8.16. The minimum atomic E-state index is 0.0337. The van der Waals surface area contributed by atoms with Crippen molar-refractivity contribution in [3.8, 4) is 5.75 Å². The number of rotatable bonds is 5. The zero-order valence-corrected chi connectivity index (χ0v) is 17.5. The summed E-state index contributed by atoms with van der Waals surface area (Å²) in [5.41, 5.74) is 1.17. The van der Waals surface area contributed by atoms with Crippen molar-refractivity contribution in [2.24, 2.45) is 5.41 Å². The van der Waals surface area contributed by atoms with Gasteiger partial charge in [-0.3, -0.25) is 4.90 Å². The first-order chi connectivity index (χ1) is 12.3. The number of nitrogens with zero attached hydrogens (tertiary/aromatic N) is 2. The maximum absolute atomic E-state index is 10.1. The van der Waals surface area contributed by atoms with E-state index >= 15 is 0 Å². The highest BCUT2D eigenvalue weighted by atomic mass is 35.5. The molecule has 3 rings (SSSR count). The molecule has 0 amide bonds. The van der Waals surface area contributed by atoms with Crippen molar-refractivity contribution in [1.29, 1.82) is 0 Å². The van der Waals surface area contributed by atoms with E-state index in [1.54, 1.807) is 0 Å². The molecule has 0 aromatic heterocycles. The highest BCUT2D eigenvalue weighted by molar-refractivity contribution is 6.37. The first kappa shape index (κ1) is 20.2. The monoisotopic (exact) mass is 400 g/mol. The lowest BCUT2D eigenvalue weighted by atomic mass is 9.69. The minimum absolute atomic E-state index is 0.0337. The van der Waals surface area contributed by atoms with Crippen molar-refractivity contribution in [1.82, 2.24) is 9.80 Å². The van der Waals surface area contributed by atoms with Gasteiger partial charge in [0.2, 0.25) is 0 Å². The number of likely N-dealkylation sites (N-methyl/N-ethyl adjacent to an activating group) is 1. The maximum Gasteiger partial charge on any atom is 0.156 e. The van der Waals surface area contributed by atoms with Crippen molar-refractivity contribution in [3.63, 3.8) is 0 Å².